The molecule has 66 valence electrons. The second kappa shape index (κ2) is 4.07. The van der Waals surface area contributed by atoms with Crippen LogP contribution in [-0.2, 0) is 0 Å². The van der Waals surface area contributed by atoms with E-state index in [0.717, 1.165) is 18.0 Å². The Balaban J connectivity index is 3.05. The zero-order chi connectivity index (χ0) is 9.14. The molecule has 0 amide bonds. The van der Waals surface area contributed by atoms with E-state index in [1.54, 1.807) is 7.05 Å². The lowest BCUT2D eigenvalue weighted by molar-refractivity contribution is 0.566. The number of rotatable bonds is 2. The van der Waals surface area contributed by atoms with Crippen molar-refractivity contribution in [2.75, 3.05) is 7.05 Å². The summed E-state index contributed by atoms with van der Waals surface area (Å²) in [6.45, 7) is 0. The van der Waals surface area contributed by atoms with Crippen LogP contribution in [0.1, 0.15) is 0 Å². The van der Waals surface area contributed by atoms with E-state index < -0.39 is 11.6 Å². The van der Waals surface area contributed by atoms with Gasteiger partial charge in [-0.3, -0.25) is 4.72 Å². The first-order valence-electron chi connectivity index (χ1n) is 3.13. The zero-order valence-electron chi connectivity index (χ0n) is 6.20. The van der Waals surface area contributed by atoms with E-state index >= 15 is 0 Å². The average Bonchev–Trinajstić information content (AvgIpc) is 2.01. The fraction of sp³-hybridized carbons (Fsp3) is 0.143. The molecule has 1 rings (SSSR count). The van der Waals surface area contributed by atoms with E-state index in [2.05, 4.69) is 4.72 Å². The van der Waals surface area contributed by atoms with Crippen molar-refractivity contribution in [1.29, 1.82) is 0 Å². The lowest BCUT2D eigenvalue weighted by Gasteiger charge is -2.02. The minimum atomic E-state index is -0.741. The van der Waals surface area contributed by atoms with Crippen LogP contribution in [0, 0.1) is 11.6 Å². The van der Waals surface area contributed by atoms with Crippen molar-refractivity contribution in [1.82, 2.24) is 4.72 Å². The third-order valence-corrected chi connectivity index (χ3v) is 2.21. The highest BCUT2D eigenvalue weighted by Gasteiger charge is 2.07. The Kier molecular flexibility index (Phi) is 3.31. The van der Waals surface area contributed by atoms with Crippen LogP contribution in [0.3, 0.4) is 0 Å². The van der Waals surface area contributed by atoms with Crippen LogP contribution >= 0.6 is 23.5 Å². The molecule has 0 radical (unpaired) electrons. The van der Waals surface area contributed by atoms with Crippen LogP contribution in [0.4, 0.5) is 8.78 Å². The molecule has 1 aromatic carbocycles. The van der Waals surface area contributed by atoms with E-state index in [9.17, 15) is 8.78 Å². The van der Waals surface area contributed by atoms with Crippen molar-refractivity contribution in [3.63, 3.8) is 0 Å². The SMILES string of the molecule is CNSc1cc(Cl)c(F)cc1F. The van der Waals surface area contributed by atoms with Crippen molar-refractivity contribution in [3.05, 3.63) is 28.8 Å². The van der Waals surface area contributed by atoms with Crippen molar-refractivity contribution < 1.29 is 8.78 Å². The molecule has 0 atom stereocenters. The summed E-state index contributed by atoms with van der Waals surface area (Å²) in [5.41, 5.74) is 0. The third kappa shape index (κ3) is 2.09. The molecule has 0 unspecified atom stereocenters. The Morgan fingerprint density at radius 3 is 2.58 bits per heavy atom. The fourth-order valence-corrected chi connectivity index (χ4v) is 1.47. The molecular formula is C7H6ClF2NS. The largest absolute Gasteiger partial charge is 0.263 e. The molecule has 0 aliphatic carbocycles. The molecule has 1 N–H and O–H groups in total. The van der Waals surface area contributed by atoms with Gasteiger partial charge in [0, 0.05) is 6.07 Å². The highest BCUT2D eigenvalue weighted by Crippen LogP contribution is 2.25. The minimum Gasteiger partial charge on any atom is -0.263 e. The first kappa shape index (κ1) is 9.77. The molecule has 0 bridgehead atoms. The number of hydrogen-bond donors (Lipinski definition) is 1. The molecule has 0 aliphatic heterocycles. The van der Waals surface area contributed by atoms with Gasteiger partial charge >= 0.3 is 0 Å². The first-order valence-corrected chi connectivity index (χ1v) is 4.32. The molecule has 1 nitrogen and oxygen atoms in total. The Morgan fingerprint density at radius 1 is 1.33 bits per heavy atom. The number of hydrogen-bond acceptors (Lipinski definition) is 2. The maximum Gasteiger partial charge on any atom is 0.144 e. The van der Waals surface area contributed by atoms with Crippen molar-refractivity contribution in [2.24, 2.45) is 0 Å². The predicted octanol–water partition coefficient (Wildman–Crippen LogP) is 2.84. The average molecular weight is 210 g/mol. The van der Waals surface area contributed by atoms with Crippen molar-refractivity contribution >= 4 is 23.5 Å². The Labute approximate surface area is 78.2 Å². The summed E-state index contributed by atoms with van der Waals surface area (Å²) in [5.74, 6) is -1.36. The fourth-order valence-electron chi connectivity index (χ4n) is 0.692. The molecule has 0 aliphatic rings. The van der Waals surface area contributed by atoms with Gasteiger partial charge in [0.2, 0.25) is 0 Å². The van der Waals surface area contributed by atoms with Gasteiger partial charge in [-0.25, -0.2) is 8.78 Å². The van der Waals surface area contributed by atoms with Gasteiger partial charge in [0.25, 0.3) is 0 Å². The van der Waals surface area contributed by atoms with Gasteiger partial charge in [0.1, 0.15) is 11.6 Å². The summed E-state index contributed by atoms with van der Waals surface area (Å²) in [7, 11) is 1.64. The topological polar surface area (TPSA) is 12.0 Å². The standard InChI is InChI=1S/C7H6ClF2NS/c1-11-12-7-2-4(8)5(9)3-6(7)10/h2-3,11H,1H3. The van der Waals surface area contributed by atoms with Crippen LogP contribution in [0.25, 0.3) is 0 Å². The summed E-state index contributed by atoms with van der Waals surface area (Å²) in [6, 6.07) is 2.01. The summed E-state index contributed by atoms with van der Waals surface area (Å²) in [4.78, 5) is 0.281. The van der Waals surface area contributed by atoms with E-state index in [4.69, 9.17) is 11.6 Å². The van der Waals surface area contributed by atoms with Gasteiger partial charge in [-0.15, -0.1) is 0 Å². The number of benzene rings is 1. The van der Waals surface area contributed by atoms with Gasteiger partial charge in [-0.05, 0) is 25.1 Å². The van der Waals surface area contributed by atoms with E-state index in [0.29, 0.717) is 0 Å². The van der Waals surface area contributed by atoms with E-state index in [1.807, 2.05) is 0 Å². The van der Waals surface area contributed by atoms with Crippen LogP contribution in [0.2, 0.25) is 5.02 Å². The predicted molar refractivity (Wildman–Crippen MR) is 46.3 cm³/mol. The molecule has 0 fully saturated rings. The molecule has 0 aromatic heterocycles. The quantitative estimate of drug-likeness (QED) is 0.594. The maximum atomic E-state index is 12.9. The Hall–Kier alpha value is -0.320. The Bertz CT molecular complexity index is 293. The highest BCUT2D eigenvalue weighted by molar-refractivity contribution is 7.97. The monoisotopic (exact) mass is 209 g/mol. The van der Waals surface area contributed by atoms with Crippen LogP contribution in [0.15, 0.2) is 17.0 Å². The second-order valence-corrected chi connectivity index (χ2v) is 3.46. The van der Waals surface area contributed by atoms with Crippen LogP contribution in [-0.4, -0.2) is 7.05 Å². The molecule has 1 aromatic rings. The van der Waals surface area contributed by atoms with Gasteiger partial charge < -0.3 is 0 Å². The first-order chi connectivity index (χ1) is 5.65. The molecule has 5 heteroatoms. The smallest absolute Gasteiger partial charge is 0.144 e. The van der Waals surface area contributed by atoms with Crippen LogP contribution in [0.5, 0.6) is 0 Å². The summed E-state index contributed by atoms with van der Waals surface area (Å²) < 4.78 is 28.1. The van der Waals surface area contributed by atoms with Crippen molar-refractivity contribution in [3.8, 4) is 0 Å². The third-order valence-electron chi connectivity index (χ3n) is 1.19. The molecule has 0 spiro atoms. The zero-order valence-corrected chi connectivity index (χ0v) is 7.77. The summed E-state index contributed by atoms with van der Waals surface area (Å²) >= 11 is 6.49. The number of halogens is 3. The molecule has 0 heterocycles. The summed E-state index contributed by atoms with van der Waals surface area (Å²) in [5, 5.41) is -0.0749. The van der Waals surface area contributed by atoms with Gasteiger partial charge in [-0.1, -0.05) is 11.6 Å². The number of nitrogens with one attached hydrogen (secondary N) is 1. The molecule has 0 saturated carbocycles. The Morgan fingerprint density at radius 2 is 2.00 bits per heavy atom. The van der Waals surface area contributed by atoms with Crippen LogP contribution < -0.4 is 4.72 Å². The molecule has 0 saturated heterocycles. The van der Waals surface area contributed by atoms with Gasteiger partial charge in [0.15, 0.2) is 0 Å². The lowest BCUT2D eigenvalue weighted by atomic mass is 10.3. The normalized spacial score (nSPS) is 10.3. The maximum absolute atomic E-state index is 12.9. The minimum absolute atomic E-state index is 0.0749. The lowest BCUT2D eigenvalue weighted by Crippen LogP contribution is -1.94. The summed E-state index contributed by atoms with van der Waals surface area (Å²) in [6.07, 6.45) is 0. The molecular weight excluding hydrogens is 204 g/mol. The van der Waals surface area contributed by atoms with E-state index in [1.165, 1.54) is 6.07 Å². The van der Waals surface area contributed by atoms with E-state index in [-0.39, 0.29) is 9.92 Å². The highest BCUT2D eigenvalue weighted by atomic mass is 35.5. The van der Waals surface area contributed by atoms with Gasteiger partial charge in [-0.2, -0.15) is 0 Å². The second-order valence-electron chi connectivity index (χ2n) is 2.00. The molecule has 12 heavy (non-hydrogen) atoms. The van der Waals surface area contributed by atoms with Gasteiger partial charge in [0.05, 0.1) is 9.92 Å². The van der Waals surface area contributed by atoms with Crippen molar-refractivity contribution in [2.45, 2.75) is 4.90 Å².